The third-order valence-electron chi connectivity index (χ3n) is 5.46. The maximum absolute atomic E-state index is 11.0. The van der Waals surface area contributed by atoms with Gasteiger partial charge in [-0.3, -0.25) is 4.79 Å². The fourth-order valence-electron chi connectivity index (χ4n) is 3.19. The highest BCUT2D eigenvalue weighted by Crippen LogP contribution is 2.15. The number of rotatable bonds is 16. The fourth-order valence-corrected chi connectivity index (χ4v) is 3.19. The van der Waals surface area contributed by atoms with E-state index in [2.05, 4.69) is 52.0 Å². The van der Waals surface area contributed by atoms with Crippen molar-refractivity contribution in [3.05, 3.63) is 58.2 Å². The average molecular weight is 428 g/mol. The molecule has 0 aliphatic heterocycles. The van der Waals surface area contributed by atoms with Gasteiger partial charge in [0, 0.05) is 12.0 Å². The highest BCUT2D eigenvalue weighted by molar-refractivity contribution is 5.91. The molecule has 2 N–H and O–H groups in total. The van der Waals surface area contributed by atoms with Gasteiger partial charge in [-0.05, 0) is 99.3 Å². The second-order valence-corrected chi connectivity index (χ2v) is 8.85. The number of primary amides is 1. The van der Waals surface area contributed by atoms with Gasteiger partial charge < -0.3 is 10.5 Å². The Morgan fingerprint density at radius 1 is 0.516 bits per heavy atom. The van der Waals surface area contributed by atoms with Gasteiger partial charge in [-0.25, -0.2) is 0 Å². The molecule has 0 fully saturated rings. The molecule has 0 aromatic rings. The quantitative estimate of drug-likeness (QED) is 0.203. The van der Waals surface area contributed by atoms with Crippen LogP contribution in [0, 0.1) is 0 Å². The van der Waals surface area contributed by atoms with E-state index in [1.807, 2.05) is 6.08 Å². The molecule has 0 atom stereocenters. The van der Waals surface area contributed by atoms with Crippen molar-refractivity contribution in [3.8, 4) is 0 Å². The van der Waals surface area contributed by atoms with E-state index in [1.165, 1.54) is 22.3 Å². The minimum atomic E-state index is -0.333. The first-order chi connectivity index (χ1) is 14.6. The largest absolute Gasteiger partial charge is 0.366 e. The molecule has 3 nitrogen and oxygen atoms in total. The van der Waals surface area contributed by atoms with E-state index >= 15 is 0 Å². The van der Waals surface area contributed by atoms with Crippen molar-refractivity contribution in [2.75, 3.05) is 0 Å². The summed E-state index contributed by atoms with van der Waals surface area (Å²) in [5.41, 5.74) is 11.5. The molecule has 0 saturated carbocycles. The summed E-state index contributed by atoms with van der Waals surface area (Å²) in [6.07, 6.45) is 21.1. The van der Waals surface area contributed by atoms with Crippen LogP contribution in [-0.2, 0) is 9.59 Å². The van der Waals surface area contributed by atoms with Crippen LogP contribution in [0.25, 0.3) is 0 Å². The molecule has 0 aromatic carbocycles. The van der Waals surface area contributed by atoms with E-state index in [0.717, 1.165) is 57.8 Å². The maximum Gasteiger partial charge on any atom is 0.244 e. The van der Waals surface area contributed by atoms with E-state index in [9.17, 15) is 9.59 Å². The molecule has 3 heteroatoms. The van der Waals surface area contributed by atoms with Crippen molar-refractivity contribution in [2.45, 2.75) is 106 Å². The lowest BCUT2D eigenvalue weighted by Crippen LogP contribution is -2.11. The molecule has 0 radical (unpaired) electrons. The molecule has 0 aliphatic rings. The van der Waals surface area contributed by atoms with Crippen LogP contribution < -0.4 is 5.73 Å². The lowest BCUT2D eigenvalue weighted by molar-refractivity contribution is -0.117. The Morgan fingerprint density at radius 3 is 1.10 bits per heavy atom. The van der Waals surface area contributed by atoms with Crippen LogP contribution in [-0.4, -0.2) is 11.7 Å². The molecule has 0 bridgehead atoms. The van der Waals surface area contributed by atoms with Crippen molar-refractivity contribution >= 4 is 11.7 Å². The number of amides is 1. The molecular weight excluding hydrogens is 382 g/mol. The molecule has 0 unspecified atom stereocenters. The molecule has 31 heavy (non-hydrogen) atoms. The van der Waals surface area contributed by atoms with Gasteiger partial charge in [-0.15, -0.1) is 0 Å². The Morgan fingerprint density at radius 2 is 0.806 bits per heavy atom. The zero-order valence-electron chi connectivity index (χ0n) is 20.9. The minimum absolute atomic E-state index is 0.263. The van der Waals surface area contributed by atoms with Gasteiger partial charge in [0.25, 0.3) is 0 Å². The predicted molar refractivity (Wildman–Crippen MR) is 135 cm³/mol. The molecule has 0 saturated heterocycles. The molecule has 0 heterocycles. The van der Waals surface area contributed by atoms with Crippen LogP contribution >= 0.6 is 0 Å². The van der Waals surface area contributed by atoms with Gasteiger partial charge in [-0.2, -0.15) is 0 Å². The normalized spacial score (nSPS) is 14.2. The SMILES string of the molecule is CC(=O)CC/C=C(\C)CC/C=C(\C)CC/C=C(\C)CC/C=C(\C)CC/C=C(\C)C(N)=O. The topological polar surface area (TPSA) is 60.2 Å². The van der Waals surface area contributed by atoms with Gasteiger partial charge >= 0.3 is 0 Å². The smallest absolute Gasteiger partial charge is 0.244 e. The molecule has 0 spiro atoms. The highest BCUT2D eigenvalue weighted by Gasteiger charge is 1.97. The standard InChI is InChI=1S/C28H45NO2/c1-22(14-8-16-24(3)18-10-20-26(5)28(29)31)12-7-13-23(2)15-9-17-25(4)19-11-21-27(6)30/h12,15-16,19-20H,7-11,13-14,17-18,21H2,1-6H3,(H2,29,31)/b22-12+,23-15+,24-16+,25-19+,26-20+. The summed E-state index contributed by atoms with van der Waals surface area (Å²) in [5.74, 6) is -0.0700. The third-order valence-corrected chi connectivity index (χ3v) is 5.46. The van der Waals surface area contributed by atoms with E-state index in [4.69, 9.17) is 5.73 Å². The lowest BCUT2D eigenvalue weighted by Gasteiger charge is -2.03. The number of carbonyl (C=O) groups excluding carboxylic acids is 2. The Bertz CT molecular complexity index is 717. The third kappa shape index (κ3) is 18.3. The summed E-state index contributed by atoms with van der Waals surface area (Å²) in [5, 5.41) is 0. The van der Waals surface area contributed by atoms with Crippen molar-refractivity contribution in [1.82, 2.24) is 0 Å². The highest BCUT2D eigenvalue weighted by atomic mass is 16.1. The number of Topliss-reactive ketones (excluding diaryl/α,β-unsaturated/α-hetero) is 1. The van der Waals surface area contributed by atoms with Gasteiger partial charge in [0.2, 0.25) is 5.91 Å². The zero-order valence-corrected chi connectivity index (χ0v) is 20.9. The minimum Gasteiger partial charge on any atom is -0.366 e. The first kappa shape index (κ1) is 28.8. The average Bonchev–Trinajstić information content (AvgIpc) is 2.67. The first-order valence-electron chi connectivity index (χ1n) is 11.7. The lowest BCUT2D eigenvalue weighted by atomic mass is 10.0. The van der Waals surface area contributed by atoms with E-state index in [-0.39, 0.29) is 11.7 Å². The molecule has 1 amide bonds. The predicted octanol–water partition coefficient (Wildman–Crippen LogP) is 7.69. The zero-order chi connectivity index (χ0) is 23.6. The summed E-state index contributed by atoms with van der Waals surface area (Å²) in [6, 6.07) is 0. The van der Waals surface area contributed by atoms with Crippen LogP contribution in [0.3, 0.4) is 0 Å². The summed E-state index contributed by atoms with van der Waals surface area (Å²) < 4.78 is 0. The second-order valence-electron chi connectivity index (χ2n) is 8.85. The van der Waals surface area contributed by atoms with Crippen LogP contribution in [0.1, 0.15) is 106 Å². The van der Waals surface area contributed by atoms with Crippen molar-refractivity contribution in [2.24, 2.45) is 5.73 Å². The summed E-state index contributed by atoms with van der Waals surface area (Å²) >= 11 is 0. The first-order valence-corrected chi connectivity index (χ1v) is 11.7. The van der Waals surface area contributed by atoms with Crippen LogP contribution in [0.4, 0.5) is 0 Å². The van der Waals surface area contributed by atoms with Crippen molar-refractivity contribution < 1.29 is 9.59 Å². The Balaban J connectivity index is 4.12. The summed E-state index contributed by atoms with van der Waals surface area (Å²) in [7, 11) is 0. The Labute approximate surface area is 191 Å². The number of hydrogen-bond acceptors (Lipinski definition) is 2. The molecule has 174 valence electrons. The molecule has 0 aliphatic carbocycles. The van der Waals surface area contributed by atoms with Crippen LogP contribution in [0.2, 0.25) is 0 Å². The van der Waals surface area contributed by atoms with E-state index < -0.39 is 0 Å². The fraction of sp³-hybridized carbons (Fsp3) is 0.571. The van der Waals surface area contributed by atoms with E-state index in [1.54, 1.807) is 13.8 Å². The Hall–Kier alpha value is -2.16. The monoisotopic (exact) mass is 427 g/mol. The number of hydrogen-bond donors (Lipinski definition) is 1. The van der Waals surface area contributed by atoms with Crippen LogP contribution in [0.5, 0.6) is 0 Å². The Kier molecular flexibility index (Phi) is 16.3. The maximum atomic E-state index is 11.0. The number of nitrogens with two attached hydrogens (primary N) is 1. The second kappa shape index (κ2) is 17.5. The molecular formula is C28H45NO2. The van der Waals surface area contributed by atoms with Crippen molar-refractivity contribution in [1.29, 1.82) is 0 Å². The van der Waals surface area contributed by atoms with E-state index in [0.29, 0.717) is 12.0 Å². The summed E-state index contributed by atoms with van der Waals surface area (Å²) in [4.78, 5) is 22.0. The summed E-state index contributed by atoms with van der Waals surface area (Å²) in [6.45, 7) is 12.2. The van der Waals surface area contributed by atoms with Crippen LogP contribution in [0.15, 0.2) is 58.2 Å². The molecule has 0 rings (SSSR count). The van der Waals surface area contributed by atoms with Gasteiger partial charge in [0.05, 0.1) is 0 Å². The molecule has 0 aromatic heterocycles. The number of carbonyl (C=O) groups is 2. The van der Waals surface area contributed by atoms with Gasteiger partial charge in [0.1, 0.15) is 5.78 Å². The van der Waals surface area contributed by atoms with Gasteiger partial charge in [0.15, 0.2) is 0 Å². The van der Waals surface area contributed by atoms with Crippen molar-refractivity contribution in [3.63, 3.8) is 0 Å². The van der Waals surface area contributed by atoms with Gasteiger partial charge in [-0.1, -0.05) is 52.7 Å². The number of allylic oxidation sites excluding steroid dienone is 9. The number of ketones is 1.